The molecule has 1 aliphatic rings. The van der Waals surface area contributed by atoms with E-state index in [1.807, 2.05) is 0 Å². The fourth-order valence-electron chi connectivity index (χ4n) is 3.56. The molecule has 1 N–H and O–H groups in total. The Kier molecular flexibility index (Phi) is 5.67. The number of hydrogen-bond donors (Lipinski definition) is 1. The van der Waals surface area contributed by atoms with E-state index in [9.17, 15) is 5.11 Å². The molecule has 0 radical (unpaired) electrons. The Labute approximate surface area is 113 Å². The summed E-state index contributed by atoms with van der Waals surface area (Å²) in [7, 11) is 0. The number of ether oxygens (including phenoxy) is 1. The van der Waals surface area contributed by atoms with Gasteiger partial charge in [-0.15, -0.1) is 0 Å². The average molecular weight is 256 g/mol. The molecule has 1 fully saturated rings. The predicted octanol–water partition coefficient (Wildman–Crippen LogP) is 4.16. The molecule has 1 rings (SSSR count). The Hall–Kier alpha value is -0.0800. The van der Waals surface area contributed by atoms with Gasteiger partial charge in [0.25, 0.3) is 0 Å². The summed E-state index contributed by atoms with van der Waals surface area (Å²) in [6.07, 6.45) is 6.86. The van der Waals surface area contributed by atoms with Gasteiger partial charge < -0.3 is 9.84 Å². The molecule has 0 saturated heterocycles. The fraction of sp³-hybridized carbons (Fsp3) is 1.00. The van der Waals surface area contributed by atoms with Gasteiger partial charge in [0.1, 0.15) is 0 Å². The SMILES string of the molecule is CCCC(O)COC1C(C)(C)CCCCC1(C)C. The standard InChI is InChI=1S/C16H32O2/c1-6-9-13(17)12-18-14-15(2,3)10-7-8-11-16(14,4)5/h13-14,17H,6-12H2,1-5H3. The first-order valence-electron chi connectivity index (χ1n) is 7.59. The van der Waals surface area contributed by atoms with Gasteiger partial charge in [0.05, 0.1) is 18.8 Å². The summed E-state index contributed by atoms with van der Waals surface area (Å²) in [6, 6.07) is 0. The van der Waals surface area contributed by atoms with Crippen molar-refractivity contribution in [1.29, 1.82) is 0 Å². The molecule has 1 saturated carbocycles. The molecule has 0 aromatic heterocycles. The molecule has 0 aromatic rings. The highest BCUT2D eigenvalue weighted by Crippen LogP contribution is 2.46. The van der Waals surface area contributed by atoms with E-state index in [-0.39, 0.29) is 23.0 Å². The van der Waals surface area contributed by atoms with Crippen LogP contribution in [0.25, 0.3) is 0 Å². The molecule has 18 heavy (non-hydrogen) atoms. The van der Waals surface area contributed by atoms with Crippen LogP contribution < -0.4 is 0 Å². The van der Waals surface area contributed by atoms with Crippen molar-refractivity contribution in [2.75, 3.05) is 6.61 Å². The minimum absolute atomic E-state index is 0.214. The summed E-state index contributed by atoms with van der Waals surface area (Å²) >= 11 is 0. The average Bonchev–Trinajstić information content (AvgIpc) is 2.33. The van der Waals surface area contributed by atoms with Crippen LogP contribution in [-0.2, 0) is 4.74 Å². The quantitative estimate of drug-likeness (QED) is 0.748. The Morgan fingerprint density at radius 3 is 2.06 bits per heavy atom. The molecule has 1 atom stereocenters. The van der Waals surface area contributed by atoms with E-state index in [4.69, 9.17) is 4.74 Å². The van der Waals surface area contributed by atoms with Crippen molar-refractivity contribution in [3.63, 3.8) is 0 Å². The van der Waals surface area contributed by atoms with Crippen LogP contribution in [0.3, 0.4) is 0 Å². The number of aliphatic hydroxyl groups excluding tert-OH is 1. The van der Waals surface area contributed by atoms with Crippen LogP contribution in [0.5, 0.6) is 0 Å². The van der Waals surface area contributed by atoms with E-state index in [0.29, 0.717) is 6.61 Å². The molecule has 0 heterocycles. The van der Waals surface area contributed by atoms with Gasteiger partial charge >= 0.3 is 0 Å². The van der Waals surface area contributed by atoms with Crippen LogP contribution in [0.2, 0.25) is 0 Å². The molecule has 0 aromatic carbocycles. The lowest BCUT2D eigenvalue weighted by Gasteiger charge is -2.42. The van der Waals surface area contributed by atoms with Gasteiger partial charge in [-0.05, 0) is 30.1 Å². The van der Waals surface area contributed by atoms with Crippen molar-refractivity contribution in [2.24, 2.45) is 10.8 Å². The fourth-order valence-corrected chi connectivity index (χ4v) is 3.56. The van der Waals surface area contributed by atoms with Crippen molar-refractivity contribution in [3.8, 4) is 0 Å². The second kappa shape index (κ2) is 6.38. The smallest absolute Gasteiger partial charge is 0.0773 e. The molecule has 0 bridgehead atoms. The highest BCUT2D eigenvalue weighted by Gasteiger charge is 2.43. The van der Waals surface area contributed by atoms with Crippen molar-refractivity contribution < 1.29 is 9.84 Å². The van der Waals surface area contributed by atoms with Crippen molar-refractivity contribution >= 4 is 0 Å². The third kappa shape index (κ3) is 4.24. The van der Waals surface area contributed by atoms with Gasteiger partial charge in [0, 0.05) is 0 Å². The van der Waals surface area contributed by atoms with E-state index in [1.54, 1.807) is 0 Å². The van der Waals surface area contributed by atoms with Gasteiger partial charge in [-0.2, -0.15) is 0 Å². The number of hydrogen-bond acceptors (Lipinski definition) is 2. The molecule has 1 unspecified atom stereocenters. The van der Waals surface area contributed by atoms with Crippen molar-refractivity contribution in [3.05, 3.63) is 0 Å². The monoisotopic (exact) mass is 256 g/mol. The summed E-state index contributed by atoms with van der Waals surface area (Å²) in [6.45, 7) is 11.9. The zero-order valence-electron chi connectivity index (χ0n) is 13.0. The van der Waals surface area contributed by atoms with Crippen LogP contribution in [-0.4, -0.2) is 23.9 Å². The Bertz CT molecular complexity index is 227. The Morgan fingerprint density at radius 1 is 1.11 bits per heavy atom. The summed E-state index contributed by atoms with van der Waals surface area (Å²) < 4.78 is 6.16. The van der Waals surface area contributed by atoms with Gasteiger partial charge in [-0.25, -0.2) is 0 Å². The molecule has 0 aliphatic heterocycles. The first-order valence-corrected chi connectivity index (χ1v) is 7.59. The lowest BCUT2D eigenvalue weighted by molar-refractivity contribution is -0.115. The first-order chi connectivity index (χ1) is 8.29. The second-order valence-corrected chi connectivity index (χ2v) is 7.34. The van der Waals surface area contributed by atoms with Gasteiger partial charge in [-0.1, -0.05) is 53.9 Å². The van der Waals surface area contributed by atoms with Crippen LogP contribution in [0, 0.1) is 10.8 Å². The van der Waals surface area contributed by atoms with E-state index >= 15 is 0 Å². The van der Waals surface area contributed by atoms with Crippen molar-refractivity contribution in [1.82, 2.24) is 0 Å². The Morgan fingerprint density at radius 2 is 1.61 bits per heavy atom. The third-order valence-electron chi connectivity index (χ3n) is 4.39. The molecule has 2 heteroatoms. The van der Waals surface area contributed by atoms with E-state index in [1.165, 1.54) is 25.7 Å². The topological polar surface area (TPSA) is 29.5 Å². The largest absolute Gasteiger partial charge is 0.391 e. The van der Waals surface area contributed by atoms with E-state index in [2.05, 4.69) is 34.6 Å². The maximum Gasteiger partial charge on any atom is 0.0773 e. The zero-order valence-corrected chi connectivity index (χ0v) is 13.0. The molecule has 108 valence electrons. The summed E-state index contributed by atoms with van der Waals surface area (Å²) in [4.78, 5) is 0. The summed E-state index contributed by atoms with van der Waals surface area (Å²) in [5.41, 5.74) is 0.428. The maximum absolute atomic E-state index is 9.87. The van der Waals surface area contributed by atoms with Crippen molar-refractivity contribution in [2.45, 2.75) is 85.4 Å². The Balaban J connectivity index is 2.66. The molecule has 2 nitrogen and oxygen atoms in total. The van der Waals surface area contributed by atoms with Crippen LogP contribution >= 0.6 is 0 Å². The zero-order chi connectivity index (χ0) is 13.8. The lowest BCUT2D eigenvalue weighted by Crippen LogP contribution is -2.43. The van der Waals surface area contributed by atoms with Crippen LogP contribution in [0.15, 0.2) is 0 Å². The molecular formula is C16H32O2. The number of rotatable bonds is 5. The highest BCUT2D eigenvalue weighted by molar-refractivity contribution is 4.93. The minimum atomic E-state index is -0.301. The summed E-state index contributed by atoms with van der Waals surface area (Å²) in [5, 5.41) is 9.87. The third-order valence-corrected chi connectivity index (χ3v) is 4.39. The molecular weight excluding hydrogens is 224 g/mol. The van der Waals surface area contributed by atoms with Gasteiger partial charge in [0.2, 0.25) is 0 Å². The van der Waals surface area contributed by atoms with Gasteiger partial charge in [-0.3, -0.25) is 0 Å². The summed E-state index contributed by atoms with van der Waals surface area (Å²) in [5.74, 6) is 0. The van der Waals surface area contributed by atoms with E-state index < -0.39 is 0 Å². The molecule has 0 amide bonds. The number of aliphatic hydroxyl groups is 1. The predicted molar refractivity (Wildman–Crippen MR) is 76.7 cm³/mol. The van der Waals surface area contributed by atoms with E-state index in [0.717, 1.165) is 12.8 Å². The van der Waals surface area contributed by atoms with Gasteiger partial charge in [0.15, 0.2) is 0 Å². The van der Waals surface area contributed by atoms with Crippen LogP contribution in [0.1, 0.15) is 73.1 Å². The lowest BCUT2D eigenvalue weighted by atomic mass is 9.71. The second-order valence-electron chi connectivity index (χ2n) is 7.34. The minimum Gasteiger partial charge on any atom is -0.391 e. The maximum atomic E-state index is 9.87. The normalized spacial score (nSPS) is 25.7. The molecule has 1 aliphatic carbocycles. The first kappa shape index (κ1) is 16.0. The molecule has 0 spiro atoms. The highest BCUT2D eigenvalue weighted by atomic mass is 16.5. The van der Waals surface area contributed by atoms with Crippen LogP contribution in [0.4, 0.5) is 0 Å².